The van der Waals surface area contributed by atoms with Gasteiger partial charge < -0.3 is 5.11 Å². The van der Waals surface area contributed by atoms with Gasteiger partial charge >= 0.3 is 0 Å². The molecule has 2 unspecified atom stereocenters. The van der Waals surface area contributed by atoms with E-state index in [1.165, 1.54) is 5.56 Å². The zero-order valence-electron chi connectivity index (χ0n) is 10.7. The number of halogens is 1. The predicted molar refractivity (Wildman–Crippen MR) is 82.9 cm³/mol. The molecule has 1 N–H and O–H groups in total. The summed E-state index contributed by atoms with van der Waals surface area (Å²) in [7, 11) is 0. The van der Waals surface area contributed by atoms with Crippen LogP contribution in [0.2, 0.25) is 0 Å². The Morgan fingerprint density at radius 2 is 1.68 bits per heavy atom. The summed E-state index contributed by atoms with van der Waals surface area (Å²) in [6.45, 7) is 3.85. The van der Waals surface area contributed by atoms with Crippen molar-refractivity contribution in [3.05, 3.63) is 82.9 Å². The molecule has 0 saturated heterocycles. The van der Waals surface area contributed by atoms with Crippen LogP contribution in [0.25, 0.3) is 0 Å². The van der Waals surface area contributed by atoms with E-state index >= 15 is 0 Å². The van der Waals surface area contributed by atoms with Crippen LogP contribution in [0.5, 0.6) is 0 Å². The molecule has 0 radical (unpaired) electrons. The lowest BCUT2D eigenvalue weighted by Crippen LogP contribution is -2.13. The molecule has 0 aliphatic heterocycles. The largest absolute Gasteiger partial charge is 0.388 e. The molecule has 0 bridgehead atoms. The third-order valence-corrected chi connectivity index (χ3v) is 3.76. The van der Waals surface area contributed by atoms with Crippen LogP contribution < -0.4 is 0 Å². The van der Waals surface area contributed by atoms with Crippen LogP contribution in [0, 0.1) is 5.92 Å². The molecule has 0 fully saturated rings. The van der Waals surface area contributed by atoms with E-state index in [1.807, 2.05) is 48.5 Å². The normalized spacial score (nSPS) is 13.8. The summed E-state index contributed by atoms with van der Waals surface area (Å²) in [5.74, 6) is 0.0172. The zero-order valence-corrected chi connectivity index (χ0v) is 12.3. The lowest BCUT2D eigenvalue weighted by Gasteiger charge is -2.20. The first-order valence-electron chi connectivity index (χ1n) is 6.30. The average molecular weight is 317 g/mol. The van der Waals surface area contributed by atoms with Crippen LogP contribution in [0.3, 0.4) is 0 Å². The zero-order chi connectivity index (χ0) is 13.7. The van der Waals surface area contributed by atoms with Gasteiger partial charge in [0.05, 0.1) is 6.10 Å². The Morgan fingerprint density at radius 1 is 1.05 bits per heavy atom. The summed E-state index contributed by atoms with van der Waals surface area (Å²) in [5, 5.41) is 10.4. The molecule has 2 rings (SSSR count). The van der Waals surface area contributed by atoms with Gasteiger partial charge in [0.25, 0.3) is 0 Å². The monoisotopic (exact) mass is 316 g/mol. The topological polar surface area (TPSA) is 20.2 Å². The molecule has 0 saturated carbocycles. The quantitative estimate of drug-likeness (QED) is 0.804. The number of aliphatic hydroxyl groups is 1. The van der Waals surface area contributed by atoms with Gasteiger partial charge in [0.15, 0.2) is 0 Å². The van der Waals surface area contributed by atoms with Crippen LogP contribution in [-0.2, 0) is 6.42 Å². The Bertz CT molecular complexity index is 519. The Balaban J connectivity index is 2.13. The van der Waals surface area contributed by atoms with Crippen molar-refractivity contribution in [2.45, 2.75) is 12.5 Å². The summed E-state index contributed by atoms with van der Waals surface area (Å²) in [6.07, 6.45) is 2.10. The minimum absolute atomic E-state index is 0.0172. The molecule has 0 heterocycles. The Labute approximate surface area is 122 Å². The second-order valence-corrected chi connectivity index (χ2v) is 5.50. The van der Waals surface area contributed by atoms with Crippen LogP contribution in [0.15, 0.2) is 71.7 Å². The highest BCUT2D eigenvalue weighted by molar-refractivity contribution is 9.10. The van der Waals surface area contributed by atoms with Crippen molar-refractivity contribution in [3.8, 4) is 0 Å². The number of hydrogen-bond acceptors (Lipinski definition) is 1. The fourth-order valence-electron chi connectivity index (χ4n) is 2.12. The van der Waals surface area contributed by atoms with Gasteiger partial charge in [-0.3, -0.25) is 0 Å². The Morgan fingerprint density at radius 3 is 2.26 bits per heavy atom. The minimum atomic E-state index is -0.522. The third kappa shape index (κ3) is 3.79. The lowest BCUT2D eigenvalue weighted by atomic mass is 9.90. The molecule has 0 aliphatic carbocycles. The Kier molecular flexibility index (Phi) is 4.94. The van der Waals surface area contributed by atoms with Crippen molar-refractivity contribution in [1.82, 2.24) is 0 Å². The van der Waals surface area contributed by atoms with Gasteiger partial charge in [0.2, 0.25) is 0 Å². The van der Waals surface area contributed by atoms with E-state index in [0.717, 1.165) is 16.5 Å². The smallest absolute Gasteiger partial charge is 0.0855 e. The lowest BCUT2D eigenvalue weighted by molar-refractivity contribution is 0.131. The molecule has 2 atom stereocenters. The van der Waals surface area contributed by atoms with Crippen LogP contribution >= 0.6 is 15.9 Å². The van der Waals surface area contributed by atoms with Crippen LogP contribution in [-0.4, -0.2) is 5.11 Å². The summed E-state index contributed by atoms with van der Waals surface area (Å²) < 4.78 is 1.02. The van der Waals surface area contributed by atoms with E-state index in [-0.39, 0.29) is 5.92 Å². The molecule has 2 aromatic carbocycles. The minimum Gasteiger partial charge on any atom is -0.388 e. The van der Waals surface area contributed by atoms with Gasteiger partial charge in [0.1, 0.15) is 0 Å². The molecule has 98 valence electrons. The van der Waals surface area contributed by atoms with Gasteiger partial charge in [-0.05, 0) is 29.7 Å². The van der Waals surface area contributed by atoms with Crippen molar-refractivity contribution in [1.29, 1.82) is 0 Å². The second-order valence-electron chi connectivity index (χ2n) is 4.59. The van der Waals surface area contributed by atoms with E-state index in [4.69, 9.17) is 0 Å². The molecule has 1 nitrogen and oxygen atoms in total. The van der Waals surface area contributed by atoms with Crippen LogP contribution in [0.1, 0.15) is 17.2 Å². The van der Waals surface area contributed by atoms with Gasteiger partial charge in [-0.15, -0.1) is 6.58 Å². The summed E-state index contributed by atoms with van der Waals surface area (Å²) in [6, 6.07) is 17.9. The molecule has 2 heteroatoms. The summed E-state index contributed by atoms with van der Waals surface area (Å²) >= 11 is 3.40. The first kappa shape index (κ1) is 14.0. The number of rotatable bonds is 5. The van der Waals surface area contributed by atoms with Crippen molar-refractivity contribution < 1.29 is 5.11 Å². The van der Waals surface area contributed by atoms with Crippen molar-refractivity contribution in [2.75, 3.05) is 0 Å². The summed E-state index contributed by atoms with van der Waals surface area (Å²) in [5.41, 5.74) is 2.13. The highest BCUT2D eigenvalue weighted by Gasteiger charge is 2.18. The fourth-order valence-corrected chi connectivity index (χ4v) is 2.38. The molecular formula is C17H17BrO. The molecule has 2 aromatic rings. The number of hydrogen-bond donors (Lipinski definition) is 1. The van der Waals surface area contributed by atoms with Gasteiger partial charge in [-0.25, -0.2) is 0 Å². The number of aliphatic hydroxyl groups excluding tert-OH is 1. The maximum atomic E-state index is 10.4. The highest BCUT2D eigenvalue weighted by Crippen LogP contribution is 2.27. The standard InChI is InChI=1S/C17H17BrO/c1-2-14(12-13-6-4-3-5-7-13)17(19)15-8-10-16(18)11-9-15/h2-11,14,17,19H,1,12H2. The maximum Gasteiger partial charge on any atom is 0.0855 e. The fraction of sp³-hybridized carbons (Fsp3) is 0.176. The summed E-state index contributed by atoms with van der Waals surface area (Å²) in [4.78, 5) is 0. The van der Waals surface area contributed by atoms with E-state index in [1.54, 1.807) is 0 Å². The predicted octanol–water partition coefficient (Wildman–Crippen LogP) is 4.53. The molecule has 0 aliphatic rings. The van der Waals surface area contributed by atoms with Crippen molar-refractivity contribution in [3.63, 3.8) is 0 Å². The third-order valence-electron chi connectivity index (χ3n) is 3.23. The molecule has 19 heavy (non-hydrogen) atoms. The SMILES string of the molecule is C=CC(Cc1ccccc1)C(O)c1ccc(Br)cc1. The molecule has 0 spiro atoms. The van der Waals surface area contributed by atoms with E-state index < -0.39 is 6.10 Å². The van der Waals surface area contributed by atoms with E-state index in [2.05, 4.69) is 34.6 Å². The van der Waals surface area contributed by atoms with Crippen LogP contribution in [0.4, 0.5) is 0 Å². The second kappa shape index (κ2) is 6.69. The first-order chi connectivity index (χ1) is 9.20. The molecule has 0 aromatic heterocycles. The Hall–Kier alpha value is -1.38. The first-order valence-corrected chi connectivity index (χ1v) is 7.10. The maximum absolute atomic E-state index is 10.4. The van der Waals surface area contributed by atoms with Gasteiger partial charge in [0, 0.05) is 10.4 Å². The van der Waals surface area contributed by atoms with Crippen molar-refractivity contribution >= 4 is 15.9 Å². The van der Waals surface area contributed by atoms with Gasteiger partial charge in [-0.1, -0.05) is 64.5 Å². The van der Waals surface area contributed by atoms with E-state index in [0.29, 0.717) is 0 Å². The number of benzene rings is 2. The highest BCUT2D eigenvalue weighted by atomic mass is 79.9. The average Bonchev–Trinajstić information content (AvgIpc) is 2.46. The van der Waals surface area contributed by atoms with E-state index in [9.17, 15) is 5.11 Å². The molecule has 0 amide bonds. The molecular weight excluding hydrogens is 300 g/mol. The van der Waals surface area contributed by atoms with Crippen molar-refractivity contribution in [2.24, 2.45) is 5.92 Å². The van der Waals surface area contributed by atoms with Gasteiger partial charge in [-0.2, -0.15) is 0 Å².